The quantitative estimate of drug-likeness (QED) is 0.766. The van der Waals surface area contributed by atoms with Gasteiger partial charge in [0.1, 0.15) is 6.10 Å². The zero-order valence-corrected chi connectivity index (χ0v) is 11.6. The van der Waals surface area contributed by atoms with Crippen LogP contribution in [0.1, 0.15) is 25.0 Å². The number of aliphatic hydroxyl groups is 2. The Labute approximate surface area is 118 Å². The van der Waals surface area contributed by atoms with Crippen molar-refractivity contribution in [1.82, 2.24) is 4.98 Å². The summed E-state index contributed by atoms with van der Waals surface area (Å²) in [6, 6.07) is 4.73. The van der Waals surface area contributed by atoms with E-state index in [0.717, 1.165) is 11.8 Å². The average molecular weight is 297 g/mol. The molecule has 0 amide bonds. The van der Waals surface area contributed by atoms with E-state index in [2.05, 4.69) is 4.98 Å². The lowest BCUT2D eigenvalue weighted by atomic mass is 10.0. The van der Waals surface area contributed by atoms with Crippen LogP contribution in [0.25, 0.3) is 11.1 Å². The molecule has 1 aromatic heterocycles. The smallest absolute Gasteiger partial charge is 0.408 e. The summed E-state index contributed by atoms with van der Waals surface area (Å²) in [4.78, 5) is 24.3. The minimum absolute atomic E-state index is 0.0257. The van der Waals surface area contributed by atoms with E-state index >= 15 is 0 Å². The summed E-state index contributed by atoms with van der Waals surface area (Å²) in [5.74, 6) is -0.125. The molecule has 7 heteroatoms. The molecule has 0 saturated carbocycles. The van der Waals surface area contributed by atoms with E-state index in [9.17, 15) is 19.8 Å². The number of carbonyl (C=O) groups excluding carboxylic acids is 1. The first-order chi connectivity index (χ1) is 9.47. The number of thioether (sulfide) groups is 1. The largest absolute Gasteiger partial charge is 0.417 e. The van der Waals surface area contributed by atoms with E-state index in [1.54, 1.807) is 12.1 Å². The fourth-order valence-electron chi connectivity index (χ4n) is 1.85. The van der Waals surface area contributed by atoms with Crippen LogP contribution >= 0.6 is 11.8 Å². The Morgan fingerprint density at radius 2 is 2.20 bits per heavy atom. The van der Waals surface area contributed by atoms with E-state index in [4.69, 9.17) is 4.42 Å². The summed E-state index contributed by atoms with van der Waals surface area (Å²) in [5.41, 5.74) is 1.32. The van der Waals surface area contributed by atoms with Crippen molar-refractivity contribution in [2.24, 2.45) is 0 Å². The summed E-state index contributed by atoms with van der Waals surface area (Å²) >= 11 is 1.10. The normalized spacial score (nSPS) is 14.3. The third-order valence-corrected chi connectivity index (χ3v) is 3.72. The molecule has 1 heterocycles. The highest BCUT2D eigenvalue weighted by molar-refractivity contribution is 8.13. The van der Waals surface area contributed by atoms with Gasteiger partial charge in [-0.2, -0.15) is 0 Å². The maximum absolute atomic E-state index is 11.0. The molecule has 6 nitrogen and oxygen atoms in total. The summed E-state index contributed by atoms with van der Waals surface area (Å²) in [6.07, 6.45) is -1.78. The molecule has 0 bridgehead atoms. The number of nitrogens with one attached hydrogen (secondary N) is 1. The second-order valence-corrected chi connectivity index (χ2v) is 5.68. The monoisotopic (exact) mass is 297 g/mol. The Kier molecular flexibility index (Phi) is 4.64. The first-order valence-corrected chi connectivity index (χ1v) is 7.08. The van der Waals surface area contributed by atoms with Gasteiger partial charge in [-0.25, -0.2) is 4.79 Å². The first kappa shape index (κ1) is 14.8. The minimum Gasteiger partial charge on any atom is -0.408 e. The lowest BCUT2D eigenvalue weighted by molar-refractivity contribution is -0.109. The molecule has 2 aromatic rings. The van der Waals surface area contributed by atoms with Crippen LogP contribution < -0.4 is 5.76 Å². The summed E-state index contributed by atoms with van der Waals surface area (Å²) < 4.78 is 4.90. The molecule has 108 valence electrons. The van der Waals surface area contributed by atoms with Gasteiger partial charge in [-0.15, -0.1) is 0 Å². The number of aliphatic hydroxyl groups excluding tert-OH is 2. The van der Waals surface area contributed by atoms with Gasteiger partial charge in [-0.3, -0.25) is 9.78 Å². The van der Waals surface area contributed by atoms with Crippen LogP contribution in [-0.4, -0.2) is 32.2 Å². The molecule has 0 fully saturated rings. The van der Waals surface area contributed by atoms with Crippen molar-refractivity contribution in [2.45, 2.75) is 25.6 Å². The molecule has 3 N–H and O–H groups in total. The maximum Gasteiger partial charge on any atom is 0.417 e. The third kappa shape index (κ3) is 3.50. The fourth-order valence-corrected chi connectivity index (χ4v) is 2.50. The lowest BCUT2D eigenvalue weighted by Gasteiger charge is -2.17. The van der Waals surface area contributed by atoms with E-state index in [0.29, 0.717) is 28.8 Å². The highest BCUT2D eigenvalue weighted by atomic mass is 32.2. The van der Waals surface area contributed by atoms with Gasteiger partial charge >= 0.3 is 5.76 Å². The lowest BCUT2D eigenvalue weighted by Crippen LogP contribution is -2.19. The summed E-state index contributed by atoms with van der Waals surface area (Å²) in [5, 5.41) is 19.9. The van der Waals surface area contributed by atoms with Crippen LogP contribution in [0.15, 0.2) is 27.4 Å². The fraction of sp³-hybridized carbons (Fsp3) is 0.385. The van der Waals surface area contributed by atoms with Gasteiger partial charge in [-0.1, -0.05) is 17.8 Å². The van der Waals surface area contributed by atoms with Crippen LogP contribution in [0.4, 0.5) is 0 Å². The number of benzene rings is 1. The van der Waals surface area contributed by atoms with Crippen LogP contribution in [-0.2, 0) is 4.79 Å². The molecule has 2 rings (SSSR count). The molecule has 2 atom stereocenters. The Hall–Kier alpha value is -1.57. The van der Waals surface area contributed by atoms with Crippen LogP contribution in [0.2, 0.25) is 0 Å². The molecule has 0 spiro atoms. The average Bonchev–Trinajstić information content (AvgIpc) is 2.76. The Bertz CT molecular complexity index is 662. The topological polar surface area (TPSA) is 104 Å². The predicted octanol–water partition coefficient (Wildman–Crippen LogP) is 1.19. The van der Waals surface area contributed by atoms with Crippen molar-refractivity contribution in [1.29, 1.82) is 0 Å². The Morgan fingerprint density at radius 3 is 2.90 bits per heavy atom. The van der Waals surface area contributed by atoms with Gasteiger partial charge < -0.3 is 14.6 Å². The zero-order valence-electron chi connectivity index (χ0n) is 10.8. The number of H-pyrrole nitrogens is 1. The van der Waals surface area contributed by atoms with Crippen molar-refractivity contribution >= 4 is 28.0 Å². The number of oxazole rings is 1. The van der Waals surface area contributed by atoms with Crippen LogP contribution in [0.3, 0.4) is 0 Å². The van der Waals surface area contributed by atoms with Gasteiger partial charge in [0, 0.05) is 12.7 Å². The summed E-state index contributed by atoms with van der Waals surface area (Å²) in [6.45, 7) is 1.45. The highest BCUT2D eigenvalue weighted by Crippen LogP contribution is 2.23. The van der Waals surface area contributed by atoms with E-state index in [-0.39, 0.29) is 5.12 Å². The molecule has 0 aliphatic rings. The molecule has 20 heavy (non-hydrogen) atoms. The number of rotatable bonds is 5. The number of aromatic amines is 1. The third-order valence-electron chi connectivity index (χ3n) is 2.87. The second kappa shape index (κ2) is 6.25. The standard InChI is InChI=1S/C13H15NO5S/c1-7(15)20-5-4-10(16)12(17)8-2-3-9-11(6-8)19-13(18)14-9/h2-3,6,10,12,16-17H,4-5H2,1H3,(H,14,18). The van der Waals surface area contributed by atoms with E-state index in [1.165, 1.54) is 13.0 Å². The van der Waals surface area contributed by atoms with Gasteiger partial charge in [0.05, 0.1) is 11.6 Å². The zero-order chi connectivity index (χ0) is 14.7. The molecule has 0 aliphatic heterocycles. The second-order valence-electron chi connectivity index (χ2n) is 4.41. The number of hydrogen-bond acceptors (Lipinski definition) is 6. The van der Waals surface area contributed by atoms with Crippen molar-refractivity contribution < 1.29 is 19.4 Å². The van der Waals surface area contributed by atoms with E-state index in [1.807, 2.05) is 0 Å². The van der Waals surface area contributed by atoms with Crippen molar-refractivity contribution in [3.05, 3.63) is 34.3 Å². The Morgan fingerprint density at radius 1 is 1.45 bits per heavy atom. The number of hydrogen-bond donors (Lipinski definition) is 3. The molecule has 0 aliphatic carbocycles. The Balaban J connectivity index is 2.07. The number of aromatic nitrogens is 1. The van der Waals surface area contributed by atoms with Crippen molar-refractivity contribution in [3.8, 4) is 0 Å². The minimum atomic E-state index is -1.09. The van der Waals surface area contributed by atoms with Gasteiger partial charge in [0.15, 0.2) is 10.7 Å². The number of fused-ring (bicyclic) bond motifs is 1. The van der Waals surface area contributed by atoms with Gasteiger partial charge in [-0.05, 0) is 24.1 Å². The molecule has 0 saturated heterocycles. The molecule has 2 unspecified atom stereocenters. The first-order valence-electron chi connectivity index (χ1n) is 6.09. The van der Waals surface area contributed by atoms with Gasteiger partial charge in [0.25, 0.3) is 0 Å². The van der Waals surface area contributed by atoms with Crippen molar-refractivity contribution in [3.63, 3.8) is 0 Å². The molecule has 0 radical (unpaired) electrons. The van der Waals surface area contributed by atoms with E-state index < -0.39 is 18.0 Å². The number of carbonyl (C=O) groups is 1. The highest BCUT2D eigenvalue weighted by Gasteiger charge is 2.19. The maximum atomic E-state index is 11.0. The predicted molar refractivity (Wildman–Crippen MR) is 75.6 cm³/mol. The molecular weight excluding hydrogens is 282 g/mol. The van der Waals surface area contributed by atoms with Crippen LogP contribution in [0.5, 0.6) is 0 Å². The summed E-state index contributed by atoms with van der Waals surface area (Å²) in [7, 11) is 0. The molecular formula is C13H15NO5S. The molecule has 1 aromatic carbocycles. The van der Waals surface area contributed by atoms with Crippen LogP contribution in [0, 0.1) is 0 Å². The van der Waals surface area contributed by atoms with Gasteiger partial charge in [0.2, 0.25) is 0 Å². The van der Waals surface area contributed by atoms with Crippen molar-refractivity contribution in [2.75, 3.05) is 5.75 Å². The SMILES string of the molecule is CC(=O)SCCC(O)C(O)c1ccc2[nH]c(=O)oc2c1.